The summed E-state index contributed by atoms with van der Waals surface area (Å²) in [6, 6.07) is 0. The van der Waals surface area contributed by atoms with Gasteiger partial charge in [-0.05, 0) is 28.9 Å². The Morgan fingerprint density at radius 3 is 2.27 bits per heavy atom. The molecule has 0 fully saturated rings. The maximum Gasteiger partial charge on any atom is 0.156 e. The van der Waals surface area contributed by atoms with Gasteiger partial charge in [0.1, 0.15) is 0 Å². The van der Waals surface area contributed by atoms with E-state index in [0.29, 0.717) is 11.3 Å². The average molecular weight is 397 g/mol. The largest absolute Gasteiger partial charge is 0.295 e. The van der Waals surface area contributed by atoms with Gasteiger partial charge in [-0.25, -0.2) is 4.98 Å². The lowest BCUT2D eigenvalue weighted by Gasteiger charge is -2.27. The number of hydrogen-bond donors (Lipinski definition) is 0. The zero-order valence-corrected chi connectivity index (χ0v) is 15.8. The summed E-state index contributed by atoms with van der Waals surface area (Å²) in [4.78, 5) is 16.1. The normalized spacial score (nSPS) is 17.9. The molecule has 1 aliphatic carbocycles. The van der Waals surface area contributed by atoms with E-state index in [1.54, 1.807) is 6.08 Å². The number of hydrogen-bond acceptors (Lipinski definition) is 3. The molecule has 2 rings (SSSR count). The zero-order valence-electron chi connectivity index (χ0n) is 11.9. The molecule has 1 heterocycles. The highest BCUT2D eigenvalue weighted by Gasteiger charge is 2.26. The van der Waals surface area contributed by atoms with E-state index < -0.39 is 0 Å². The van der Waals surface area contributed by atoms with E-state index in [4.69, 9.17) is 46.4 Å². The molecule has 0 radical (unpaired) electrons. The summed E-state index contributed by atoms with van der Waals surface area (Å²) in [6.45, 7) is 4.16. The molecule has 7 heteroatoms. The predicted octanol–water partition coefficient (Wildman–Crippen LogP) is 6.62. The molecular formula is C15H13Cl4NOS. The molecule has 1 aliphatic rings. The number of ketones is 1. The Balaban J connectivity index is 2.19. The van der Waals surface area contributed by atoms with Gasteiger partial charge in [-0.15, -0.1) is 0 Å². The second kappa shape index (κ2) is 7.14. The number of carbonyl (C=O) groups is 1. The molecule has 0 spiro atoms. The summed E-state index contributed by atoms with van der Waals surface area (Å²) < 4.78 is 0. The second-order valence-electron chi connectivity index (χ2n) is 5.77. The molecule has 0 N–H and O–H groups in total. The molecule has 0 aliphatic heterocycles. The highest BCUT2D eigenvalue weighted by atomic mass is 35.5. The van der Waals surface area contributed by atoms with E-state index in [1.165, 1.54) is 11.8 Å². The van der Waals surface area contributed by atoms with Crippen molar-refractivity contribution in [3.63, 3.8) is 0 Å². The van der Waals surface area contributed by atoms with Crippen LogP contribution in [0, 0.1) is 5.41 Å². The van der Waals surface area contributed by atoms with Crippen molar-refractivity contribution < 1.29 is 4.79 Å². The lowest BCUT2D eigenvalue weighted by Crippen LogP contribution is -2.21. The third-order valence-corrected chi connectivity index (χ3v) is 5.72. The van der Waals surface area contributed by atoms with Gasteiger partial charge in [0.05, 0.1) is 14.9 Å². The fourth-order valence-corrected chi connectivity index (χ4v) is 4.15. The van der Waals surface area contributed by atoms with Crippen LogP contribution in [0.3, 0.4) is 0 Å². The lowest BCUT2D eigenvalue weighted by atomic mass is 9.77. The first-order valence-corrected chi connectivity index (χ1v) is 8.85. The van der Waals surface area contributed by atoms with E-state index >= 15 is 0 Å². The van der Waals surface area contributed by atoms with Crippen molar-refractivity contribution in [2.45, 2.75) is 31.6 Å². The molecule has 118 valence electrons. The van der Waals surface area contributed by atoms with Crippen LogP contribution >= 0.6 is 58.2 Å². The van der Waals surface area contributed by atoms with Crippen LogP contribution < -0.4 is 0 Å². The fourth-order valence-electron chi connectivity index (χ4n) is 2.26. The van der Waals surface area contributed by atoms with Crippen molar-refractivity contribution in [2.24, 2.45) is 5.41 Å². The minimum Gasteiger partial charge on any atom is -0.295 e. The van der Waals surface area contributed by atoms with Crippen molar-refractivity contribution in [2.75, 3.05) is 0 Å². The van der Waals surface area contributed by atoms with Crippen molar-refractivity contribution in [3.8, 4) is 0 Å². The maximum absolute atomic E-state index is 11.7. The van der Waals surface area contributed by atoms with Gasteiger partial charge in [0, 0.05) is 6.42 Å². The molecule has 0 saturated carbocycles. The van der Waals surface area contributed by atoms with E-state index in [0.717, 1.165) is 12.0 Å². The van der Waals surface area contributed by atoms with E-state index in [-0.39, 0.29) is 31.5 Å². The second-order valence-corrected chi connectivity index (χ2v) is 8.16. The highest BCUT2D eigenvalue weighted by molar-refractivity contribution is 8.02. The molecule has 0 aromatic carbocycles. The van der Waals surface area contributed by atoms with Crippen molar-refractivity contribution in [1.82, 2.24) is 4.98 Å². The number of halogens is 4. The van der Waals surface area contributed by atoms with Crippen molar-refractivity contribution in [3.05, 3.63) is 43.5 Å². The van der Waals surface area contributed by atoms with Crippen LogP contribution in [0.25, 0.3) is 0 Å². The average Bonchev–Trinajstić information content (AvgIpc) is 2.38. The van der Waals surface area contributed by atoms with Crippen LogP contribution in [0.15, 0.2) is 28.0 Å². The maximum atomic E-state index is 11.7. The van der Waals surface area contributed by atoms with Gasteiger partial charge < -0.3 is 0 Å². The van der Waals surface area contributed by atoms with Gasteiger partial charge >= 0.3 is 0 Å². The predicted molar refractivity (Wildman–Crippen MR) is 95.4 cm³/mol. The molecule has 0 amide bonds. The minimum absolute atomic E-state index is 0.0191. The quantitative estimate of drug-likeness (QED) is 0.424. The van der Waals surface area contributed by atoms with Crippen molar-refractivity contribution in [1.29, 1.82) is 0 Å². The number of thioether (sulfide) groups is 1. The Kier molecular flexibility index (Phi) is 5.89. The van der Waals surface area contributed by atoms with Gasteiger partial charge in [0.25, 0.3) is 0 Å². The summed E-state index contributed by atoms with van der Waals surface area (Å²) in [5.74, 6) is 0.145. The summed E-state index contributed by atoms with van der Waals surface area (Å²) >= 11 is 25.3. The SMILES string of the molecule is CC1(C)CC(=O)C=C(/C=C/Sc2c(Cl)c(Cl)nc(Cl)c2Cl)C1. The first-order valence-electron chi connectivity index (χ1n) is 6.46. The fraction of sp³-hybridized carbons (Fsp3) is 0.333. The number of allylic oxidation sites excluding steroid dienone is 3. The van der Waals surface area contributed by atoms with Crippen LogP contribution in [-0.4, -0.2) is 10.8 Å². The van der Waals surface area contributed by atoms with Crippen molar-refractivity contribution >= 4 is 63.9 Å². The van der Waals surface area contributed by atoms with Gasteiger partial charge in [0.2, 0.25) is 0 Å². The van der Waals surface area contributed by atoms with Crippen LogP contribution in [0.1, 0.15) is 26.7 Å². The molecule has 2 nitrogen and oxygen atoms in total. The van der Waals surface area contributed by atoms with Gasteiger partial charge in [0.15, 0.2) is 16.1 Å². The van der Waals surface area contributed by atoms with E-state index in [1.807, 2.05) is 11.5 Å². The summed E-state index contributed by atoms with van der Waals surface area (Å²) in [7, 11) is 0. The van der Waals surface area contributed by atoms with Crippen LogP contribution in [0.2, 0.25) is 20.4 Å². The number of carbonyl (C=O) groups excluding carboxylic acids is 1. The number of nitrogens with zero attached hydrogens (tertiary/aromatic N) is 1. The smallest absolute Gasteiger partial charge is 0.156 e. The Labute approximate surface area is 153 Å². The van der Waals surface area contributed by atoms with Crippen LogP contribution in [0.5, 0.6) is 0 Å². The lowest BCUT2D eigenvalue weighted by molar-refractivity contribution is -0.116. The summed E-state index contributed by atoms with van der Waals surface area (Å²) in [5.41, 5.74) is 0.960. The summed E-state index contributed by atoms with van der Waals surface area (Å²) in [5, 5.41) is 2.57. The molecular weight excluding hydrogens is 384 g/mol. The molecule has 1 aromatic heterocycles. The third-order valence-electron chi connectivity index (χ3n) is 3.11. The first-order chi connectivity index (χ1) is 10.2. The molecule has 1 aromatic rings. The molecule has 0 bridgehead atoms. The molecule has 0 saturated heterocycles. The molecule has 0 unspecified atom stereocenters. The van der Waals surface area contributed by atoms with Gasteiger partial charge in [-0.1, -0.05) is 78.1 Å². The third kappa shape index (κ3) is 4.42. The van der Waals surface area contributed by atoms with E-state index in [2.05, 4.69) is 18.8 Å². The number of rotatable bonds is 3. The minimum atomic E-state index is -0.0191. The topological polar surface area (TPSA) is 30.0 Å². The Morgan fingerprint density at radius 1 is 1.14 bits per heavy atom. The summed E-state index contributed by atoms with van der Waals surface area (Å²) in [6.07, 6.45) is 4.98. The van der Waals surface area contributed by atoms with Gasteiger partial charge in [-0.3, -0.25) is 4.79 Å². The Bertz CT molecular complexity index is 656. The number of aromatic nitrogens is 1. The van der Waals surface area contributed by atoms with Crippen LogP contribution in [0.4, 0.5) is 0 Å². The zero-order chi connectivity index (χ0) is 16.5. The van der Waals surface area contributed by atoms with Crippen LogP contribution in [-0.2, 0) is 4.79 Å². The van der Waals surface area contributed by atoms with Gasteiger partial charge in [-0.2, -0.15) is 0 Å². The van der Waals surface area contributed by atoms with E-state index in [9.17, 15) is 4.79 Å². The molecule has 0 atom stereocenters. The monoisotopic (exact) mass is 395 g/mol. The Hall–Kier alpha value is -0.190. The highest BCUT2D eigenvalue weighted by Crippen LogP contribution is 2.42. The Morgan fingerprint density at radius 2 is 1.73 bits per heavy atom. The molecule has 22 heavy (non-hydrogen) atoms. The standard InChI is InChI=1S/C15H13Cl4NOS/c1-15(2)6-8(5-9(21)7-15)3-4-22-12-10(16)13(18)20-14(19)11(12)17/h3-5H,6-7H2,1-2H3/b4-3+. The first kappa shape index (κ1) is 18.2. The number of pyridine rings is 1.